The summed E-state index contributed by atoms with van der Waals surface area (Å²) in [6.07, 6.45) is -0.595. The molecule has 0 saturated heterocycles. The minimum Gasteiger partial charge on any atom is -0.652 e. The Bertz CT molecular complexity index is 412. The average molecular weight is 282 g/mol. The zero-order chi connectivity index (χ0) is 15.4. The molecule has 0 aliphatic heterocycles. The van der Waals surface area contributed by atoms with Crippen LogP contribution in [0, 0.1) is 0 Å². The van der Waals surface area contributed by atoms with Gasteiger partial charge < -0.3 is 24.5 Å². The van der Waals surface area contributed by atoms with Crippen molar-refractivity contribution in [3.63, 3.8) is 0 Å². The van der Waals surface area contributed by atoms with E-state index >= 15 is 0 Å². The van der Waals surface area contributed by atoms with E-state index in [-0.39, 0.29) is 5.97 Å². The van der Waals surface area contributed by atoms with Crippen LogP contribution in [0.4, 0.5) is 4.79 Å². The summed E-state index contributed by atoms with van der Waals surface area (Å²) in [5.41, 5.74) is 0.504. The maximum Gasteiger partial charge on any atom is 0.341 e. The van der Waals surface area contributed by atoms with Crippen molar-refractivity contribution < 1.29 is 29.3 Å². The highest BCUT2D eigenvalue weighted by Gasteiger charge is 2.12. The standard InChI is InChI=1S/C13H18O3.CH2O3/c1-3-9-15-12-8-6-5-7-11(12)13(14)16-10-4-2;2-1(3)4/h5-8H,3-4,9-10H2,1-2H3;(H2,2,3,4)/p-2. The van der Waals surface area contributed by atoms with Gasteiger partial charge >= 0.3 is 5.97 Å². The van der Waals surface area contributed by atoms with Gasteiger partial charge in [-0.05, 0) is 31.1 Å². The van der Waals surface area contributed by atoms with Gasteiger partial charge in [0.2, 0.25) is 0 Å². The van der Waals surface area contributed by atoms with E-state index in [1.807, 2.05) is 19.9 Å². The Morgan fingerprint density at radius 2 is 1.60 bits per heavy atom. The number of rotatable bonds is 6. The lowest BCUT2D eigenvalue weighted by molar-refractivity contribution is -0.415. The van der Waals surface area contributed by atoms with Gasteiger partial charge in [0.15, 0.2) is 0 Å². The second-order valence-corrected chi connectivity index (χ2v) is 3.73. The van der Waals surface area contributed by atoms with E-state index < -0.39 is 6.16 Å². The quantitative estimate of drug-likeness (QED) is 0.708. The van der Waals surface area contributed by atoms with Crippen LogP contribution in [0.1, 0.15) is 37.0 Å². The lowest BCUT2D eigenvalue weighted by Gasteiger charge is -2.09. The van der Waals surface area contributed by atoms with Gasteiger partial charge in [-0.1, -0.05) is 26.0 Å². The Morgan fingerprint density at radius 1 is 1.05 bits per heavy atom. The van der Waals surface area contributed by atoms with Crippen LogP contribution in [0.5, 0.6) is 5.75 Å². The number of esters is 1. The third-order valence-corrected chi connectivity index (χ3v) is 2.01. The number of carboxylic acid groups (broad SMARTS) is 2. The molecule has 0 unspecified atom stereocenters. The van der Waals surface area contributed by atoms with Gasteiger partial charge in [-0.2, -0.15) is 0 Å². The fraction of sp³-hybridized carbons (Fsp3) is 0.429. The fourth-order valence-corrected chi connectivity index (χ4v) is 1.25. The Kier molecular flexibility index (Phi) is 9.47. The average Bonchev–Trinajstić information content (AvgIpc) is 2.42. The number of hydrogen-bond acceptors (Lipinski definition) is 6. The Hall–Kier alpha value is -2.24. The molecular formula is C14H18O6-2. The lowest BCUT2D eigenvalue weighted by Crippen LogP contribution is -2.37. The van der Waals surface area contributed by atoms with Crippen molar-refractivity contribution in [1.29, 1.82) is 0 Å². The highest BCUT2D eigenvalue weighted by Crippen LogP contribution is 2.19. The molecule has 0 heterocycles. The van der Waals surface area contributed by atoms with Crippen LogP contribution in [0.2, 0.25) is 0 Å². The topological polar surface area (TPSA) is 98.7 Å². The van der Waals surface area contributed by atoms with Crippen LogP contribution in [-0.4, -0.2) is 25.3 Å². The summed E-state index contributed by atoms with van der Waals surface area (Å²) >= 11 is 0. The summed E-state index contributed by atoms with van der Waals surface area (Å²) in [5.74, 6) is 0.291. The van der Waals surface area contributed by atoms with Gasteiger partial charge in [-0.25, -0.2) is 4.79 Å². The van der Waals surface area contributed by atoms with Crippen molar-refractivity contribution in [2.45, 2.75) is 26.7 Å². The van der Waals surface area contributed by atoms with E-state index in [0.717, 1.165) is 12.8 Å². The highest BCUT2D eigenvalue weighted by atomic mass is 16.6. The molecule has 6 nitrogen and oxygen atoms in total. The summed E-state index contributed by atoms with van der Waals surface area (Å²) in [7, 11) is 0. The van der Waals surface area contributed by atoms with Crippen LogP contribution in [-0.2, 0) is 4.74 Å². The Labute approximate surface area is 117 Å². The molecule has 112 valence electrons. The van der Waals surface area contributed by atoms with Crippen LogP contribution < -0.4 is 14.9 Å². The summed E-state index contributed by atoms with van der Waals surface area (Å²) in [5, 5.41) is 16.7. The molecule has 0 spiro atoms. The van der Waals surface area contributed by atoms with Crippen molar-refractivity contribution >= 4 is 12.1 Å². The van der Waals surface area contributed by atoms with Crippen molar-refractivity contribution in [2.75, 3.05) is 13.2 Å². The molecule has 0 amide bonds. The molecule has 1 rings (SSSR count). The summed E-state index contributed by atoms with van der Waals surface area (Å²) in [4.78, 5) is 20.0. The molecule has 1 aromatic carbocycles. The van der Waals surface area contributed by atoms with E-state index in [9.17, 15) is 4.79 Å². The highest BCUT2D eigenvalue weighted by molar-refractivity contribution is 5.92. The molecule has 1 aromatic rings. The van der Waals surface area contributed by atoms with E-state index in [4.69, 9.17) is 24.5 Å². The van der Waals surface area contributed by atoms with E-state index in [1.54, 1.807) is 18.2 Å². The van der Waals surface area contributed by atoms with Gasteiger partial charge in [0.05, 0.1) is 13.2 Å². The SMILES string of the molecule is CCCOC(=O)c1ccccc1OCCC.O=C([O-])[O-]. The molecule has 0 fully saturated rings. The first-order valence-corrected chi connectivity index (χ1v) is 6.29. The molecule has 0 aromatic heterocycles. The number of hydrogen-bond donors (Lipinski definition) is 0. The van der Waals surface area contributed by atoms with Crippen LogP contribution >= 0.6 is 0 Å². The van der Waals surface area contributed by atoms with Gasteiger partial charge in [-0.3, -0.25) is 0 Å². The maximum atomic E-state index is 11.7. The molecule has 0 radical (unpaired) electrons. The predicted octanol–water partition coefficient (Wildman–Crippen LogP) is 0.595. The van der Waals surface area contributed by atoms with Crippen LogP contribution in [0.15, 0.2) is 24.3 Å². The zero-order valence-electron chi connectivity index (χ0n) is 11.6. The van der Waals surface area contributed by atoms with E-state index in [1.165, 1.54) is 0 Å². The molecule has 0 N–H and O–H groups in total. The van der Waals surface area contributed by atoms with Crippen molar-refractivity contribution in [3.8, 4) is 5.75 Å². The smallest absolute Gasteiger partial charge is 0.341 e. The lowest BCUT2D eigenvalue weighted by atomic mass is 10.2. The van der Waals surface area contributed by atoms with Gasteiger partial charge in [0.1, 0.15) is 11.3 Å². The first-order chi connectivity index (χ1) is 9.52. The molecule has 20 heavy (non-hydrogen) atoms. The first kappa shape index (κ1) is 17.8. The second kappa shape index (κ2) is 10.7. The van der Waals surface area contributed by atoms with E-state index in [0.29, 0.717) is 24.5 Å². The largest absolute Gasteiger partial charge is 0.652 e. The number of ether oxygens (including phenoxy) is 2. The molecule has 0 saturated carbocycles. The second-order valence-electron chi connectivity index (χ2n) is 3.73. The van der Waals surface area contributed by atoms with Crippen LogP contribution in [0.3, 0.4) is 0 Å². The maximum absolute atomic E-state index is 11.7. The normalized spacial score (nSPS) is 9.10. The predicted molar refractivity (Wildman–Crippen MR) is 68.2 cm³/mol. The summed E-state index contributed by atoms with van der Waals surface area (Å²) in [6, 6.07) is 7.17. The molecule has 6 heteroatoms. The zero-order valence-corrected chi connectivity index (χ0v) is 11.6. The van der Waals surface area contributed by atoms with Crippen molar-refractivity contribution in [3.05, 3.63) is 29.8 Å². The van der Waals surface area contributed by atoms with Crippen LogP contribution in [0.25, 0.3) is 0 Å². The van der Waals surface area contributed by atoms with Gasteiger partial charge in [-0.15, -0.1) is 0 Å². The van der Waals surface area contributed by atoms with Gasteiger partial charge in [0, 0.05) is 0 Å². The van der Waals surface area contributed by atoms with Crippen molar-refractivity contribution in [2.24, 2.45) is 0 Å². The molecular weight excluding hydrogens is 264 g/mol. The number of carbonyl (C=O) groups is 2. The summed E-state index contributed by atoms with van der Waals surface area (Å²) < 4.78 is 10.6. The Balaban J connectivity index is 0.000000796. The monoisotopic (exact) mass is 282 g/mol. The van der Waals surface area contributed by atoms with Crippen molar-refractivity contribution in [1.82, 2.24) is 0 Å². The third-order valence-electron chi connectivity index (χ3n) is 2.01. The first-order valence-electron chi connectivity index (χ1n) is 6.29. The number of benzene rings is 1. The Morgan fingerprint density at radius 3 is 2.15 bits per heavy atom. The summed E-state index contributed by atoms with van der Waals surface area (Å²) in [6.45, 7) is 5.05. The minimum atomic E-state index is -2.33. The molecule has 0 aliphatic rings. The van der Waals surface area contributed by atoms with Gasteiger partial charge in [0.25, 0.3) is 0 Å². The molecule has 0 atom stereocenters. The number of para-hydroxylation sites is 1. The van der Waals surface area contributed by atoms with E-state index in [2.05, 4.69) is 0 Å². The fourth-order valence-electron chi connectivity index (χ4n) is 1.25. The third kappa shape index (κ3) is 7.97. The number of carbonyl (C=O) groups excluding carboxylic acids is 2. The molecule has 0 aliphatic carbocycles. The minimum absolute atomic E-state index is 0.312. The molecule has 0 bridgehead atoms.